The molecule has 0 bridgehead atoms. The molecule has 1 rings (SSSR count). The van der Waals surface area contributed by atoms with E-state index < -0.39 is 0 Å². The molecule has 0 aromatic heterocycles. The lowest BCUT2D eigenvalue weighted by molar-refractivity contribution is 0.0773. The Labute approximate surface area is 119 Å². The van der Waals surface area contributed by atoms with Crippen molar-refractivity contribution in [3.05, 3.63) is 35.4 Å². The van der Waals surface area contributed by atoms with E-state index in [1.807, 2.05) is 30.9 Å². The molecule has 0 saturated carbocycles. The van der Waals surface area contributed by atoms with Crippen molar-refractivity contribution in [1.29, 1.82) is 0 Å². The number of rotatable bonds is 6. The van der Waals surface area contributed by atoms with Gasteiger partial charge in [-0.15, -0.1) is 0 Å². The summed E-state index contributed by atoms with van der Waals surface area (Å²) in [6, 6.07) is 8.00. The van der Waals surface area contributed by atoms with Gasteiger partial charge in [0.2, 0.25) is 0 Å². The van der Waals surface area contributed by atoms with Crippen LogP contribution in [0.4, 0.5) is 0 Å². The number of carbonyl (C=O) groups excluding carboxylic acids is 1. The summed E-state index contributed by atoms with van der Waals surface area (Å²) in [7, 11) is 0. The average Bonchev–Trinajstić information content (AvgIpc) is 2.38. The molecule has 0 N–H and O–H groups in total. The highest BCUT2D eigenvalue weighted by Gasteiger charge is 2.11. The highest BCUT2D eigenvalue weighted by Crippen LogP contribution is 2.12. The van der Waals surface area contributed by atoms with E-state index in [1.165, 1.54) is 5.56 Å². The molecule has 1 aromatic rings. The molecule has 0 saturated heterocycles. The van der Waals surface area contributed by atoms with E-state index in [0.29, 0.717) is 4.83 Å². The first-order chi connectivity index (χ1) is 8.58. The predicted octanol–water partition coefficient (Wildman–Crippen LogP) is 3.88. The first kappa shape index (κ1) is 15.2. The fourth-order valence-corrected chi connectivity index (χ4v) is 2.10. The van der Waals surface area contributed by atoms with Crippen LogP contribution >= 0.6 is 15.9 Å². The Balaban J connectivity index is 2.67. The van der Waals surface area contributed by atoms with Crippen molar-refractivity contribution in [1.82, 2.24) is 4.90 Å². The first-order valence-electron chi connectivity index (χ1n) is 6.60. The van der Waals surface area contributed by atoms with E-state index in [2.05, 4.69) is 35.0 Å². The third-order valence-corrected chi connectivity index (χ3v) is 3.54. The van der Waals surface area contributed by atoms with Crippen LogP contribution in [0.5, 0.6) is 0 Å². The Morgan fingerprint density at radius 3 is 2.22 bits per heavy atom. The monoisotopic (exact) mass is 311 g/mol. The summed E-state index contributed by atoms with van der Waals surface area (Å²) in [5.41, 5.74) is 2.08. The van der Waals surface area contributed by atoms with Crippen LogP contribution in [0, 0.1) is 0 Å². The second kappa shape index (κ2) is 7.57. The summed E-state index contributed by atoms with van der Waals surface area (Å²) in [6.07, 6.45) is 2.16. The maximum atomic E-state index is 12.1. The molecule has 0 fully saturated rings. The summed E-state index contributed by atoms with van der Waals surface area (Å²) >= 11 is 3.55. The van der Waals surface area contributed by atoms with E-state index >= 15 is 0 Å². The molecular weight excluding hydrogens is 290 g/mol. The maximum absolute atomic E-state index is 12.1. The largest absolute Gasteiger partial charge is 0.339 e. The van der Waals surface area contributed by atoms with Gasteiger partial charge >= 0.3 is 0 Å². The van der Waals surface area contributed by atoms with Gasteiger partial charge in [-0.3, -0.25) is 4.79 Å². The molecule has 3 heteroatoms. The van der Waals surface area contributed by atoms with E-state index in [1.54, 1.807) is 0 Å². The van der Waals surface area contributed by atoms with Gasteiger partial charge in [0, 0.05) is 23.5 Å². The minimum absolute atomic E-state index is 0.125. The van der Waals surface area contributed by atoms with Gasteiger partial charge in [0.05, 0.1) is 0 Å². The van der Waals surface area contributed by atoms with Crippen LogP contribution in [0.25, 0.3) is 0 Å². The smallest absolute Gasteiger partial charge is 0.253 e. The quantitative estimate of drug-likeness (QED) is 0.730. The average molecular weight is 312 g/mol. The number of alkyl halides is 1. The van der Waals surface area contributed by atoms with Crippen LogP contribution in [-0.2, 0) is 6.42 Å². The molecule has 18 heavy (non-hydrogen) atoms. The summed E-state index contributed by atoms with van der Waals surface area (Å²) in [5, 5.41) is 0. The highest BCUT2D eigenvalue weighted by molar-refractivity contribution is 9.09. The van der Waals surface area contributed by atoms with Crippen molar-refractivity contribution in [2.45, 2.75) is 38.4 Å². The number of nitrogens with zero attached hydrogens (tertiary/aromatic N) is 1. The van der Waals surface area contributed by atoms with Gasteiger partial charge in [0.25, 0.3) is 5.91 Å². The second-order valence-electron chi connectivity index (χ2n) is 4.49. The number of halogens is 1. The molecule has 1 unspecified atom stereocenters. The normalized spacial score (nSPS) is 12.2. The zero-order valence-corrected chi connectivity index (χ0v) is 13.0. The first-order valence-corrected chi connectivity index (χ1v) is 7.52. The van der Waals surface area contributed by atoms with E-state index in [0.717, 1.165) is 31.5 Å². The number of hydrogen-bond acceptors (Lipinski definition) is 1. The van der Waals surface area contributed by atoms with Gasteiger partial charge in [0.15, 0.2) is 0 Å². The zero-order valence-electron chi connectivity index (χ0n) is 11.4. The van der Waals surface area contributed by atoms with Gasteiger partial charge < -0.3 is 4.90 Å². The summed E-state index contributed by atoms with van der Waals surface area (Å²) < 4.78 is 0. The molecule has 0 aliphatic rings. The second-order valence-corrected chi connectivity index (χ2v) is 6.06. The van der Waals surface area contributed by atoms with Gasteiger partial charge in [-0.25, -0.2) is 0 Å². The molecule has 0 spiro atoms. The Morgan fingerprint density at radius 1 is 1.22 bits per heavy atom. The van der Waals surface area contributed by atoms with Crippen LogP contribution in [0.3, 0.4) is 0 Å². The molecule has 2 nitrogen and oxygen atoms in total. The van der Waals surface area contributed by atoms with Crippen molar-refractivity contribution in [3.63, 3.8) is 0 Å². The lowest BCUT2D eigenvalue weighted by Crippen LogP contribution is -2.30. The lowest BCUT2D eigenvalue weighted by Gasteiger charge is -2.18. The molecule has 1 aromatic carbocycles. The van der Waals surface area contributed by atoms with Crippen molar-refractivity contribution < 1.29 is 4.79 Å². The van der Waals surface area contributed by atoms with Crippen LogP contribution in [-0.4, -0.2) is 28.7 Å². The number of hydrogen-bond donors (Lipinski definition) is 0. The van der Waals surface area contributed by atoms with Crippen LogP contribution in [0.15, 0.2) is 24.3 Å². The Kier molecular flexibility index (Phi) is 6.41. The molecule has 1 atom stereocenters. The number of carbonyl (C=O) groups is 1. The standard InChI is InChI=1S/C15H22BrNO/c1-4-17(5-2)15(18)14-10-8-13(9-11-14)7-6-12(3)16/h8-12H,4-7H2,1-3H3. The molecule has 0 aliphatic carbocycles. The molecule has 0 aliphatic heterocycles. The number of amides is 1. The molecule has 100 valence electrons. The van der Waals surface area contributed by atoms with E-state index in [9.17, 15) is 4.79 Å². The van der Waals surface area contributed by atoms with Gasteiger partial charge in [-0.05, 0) is 44.4 Å². The maximum Gasteiger partial charge on any atom is 0.253 e. The minimum Gasteiger partial charge on any atom is -0.339 e. The van der Waals surface area contributed by atoms with Crippen LogP contribution < -0.4 is 0 Å². The fraction of sp³-hybridized carbons (Fsp3) is 0.533. The van der Waals surface area contributed by atoms with Crippen LogP contribution in [0.2, 0.25) is 0 Å². The third-order valence-electron chi connectivity index (χ3n) is 3.08. The SMILES string of the molecule is CCN(CC)C(=O)c1ccc(CCC(C)Br)cc1. The molecule has 0 radical (unpaired) electrons. The van der Waals surface area contributed by atoms with Gasteiger partial charge in [-0.1, -0.05) is 35.0 Å². The number of aryl methyl sites for hydroxylation is 1. The number of benzene rings is 1. The van der Waals surface area contributed by atoms with Crippen molar-refractivity contribution in [2.75, 3.05) is 13.1 Å². The van der Waals surface area contributed by atoms with E-state index in [4.69, 9.17) is 0 Å². The Hall–Kier alpha value is -0.830. The van der Waals surface area contributed by atoms with E-state index in [-0.39, 0.29) is 5.91 Å². The Morgan fingerprint density at radius 2 is 1.78 bits per heavy atom. The molecule has 1 amide bonds. The fourth-order valence-electron chi connectivity index (χ4n) is 1.87. The lowest BCUT2D eigenvalue weighted by atomic mass is 10.1. The minimum atomic E-state index is 0.125. The summed E-state index contributed by atoms with van der Waals surface area (Å²) in [6.45, 7) is 7.69. The van der Waals surface area contributed by atoms with Crippen molar-refractivity contribution in [2.24, 2.45) is 0 Å². The summed E-state index contributed by atoms with van der Waals surface area (Å²) in [5.74, 6) is 0.125. The van der Waals surface area contributed by atoms with Gasteiger partial charge in [0.1, 0.15) is 0 Å². The summed E-state index contributed by atoms with van der Waals surface area (Å²) in [4.78, 5) is 14.5. The predicted molar refractivity (Wildman–Crippen MR) is 80.4 cm³/mol. The van der Waals surface area contributed by atoms with Crippen LogP contribution in [0.1, 0.15) is 43.1 Å². The van der Waals surface area contributed by atoms with Crippen molar-refractivity contribution in [3.8, 4) is 0 Å². The Bertz CT molecular complexity index is 369. The zero-order chi connectivity index (χ0) is 13.5. The highest BCUT2D eigenvalue weighted by atomic mass is 79.9. The van der Waals surface area contributed by atoms with Gasteiger partial charge in [-0.2, -0.15) is 0 Å². The van der Waals surface area contributed by atoms with Crippen molar-refractivity contribution >= 4 is 21.8 Å². The molecule has 0 heterocycles. The molecular formula is C15H22BrNO. The third kappa shape index (κ3) is 4.45. The topological polar surface area (TPSA) is 20.3 Å².